The van der Waals surface area contributed by atoms with Gasteiger partial charge in [-0.2, -0.15) is 0 Å². The Bertz CT molecular complexity index is 476. The van der Waals surface area contributed by atoms with E-state index in [1.807, 2.05) is 18.2 Å². The Morgan fingerprint density at radius 2 is 2.18 bits per heavy atom. The number of benzene rings is 1. The third-order valence-electron chi connectivity index (χ3n) is 2.53. The van der Waals surface area contributed by atoms with Gasteiger partial charge in [-0.05, 0) is 6.07 Å². The third kappa shape index (κ3) is 3.40. The van der Waals surface area contributed by atoms with Gasteiger partial charge < -0.3 is 4.90 Å². The quantitative estimate of drug-likeness (QED) is 0.675. The molecule has 0 saturated heterocycles. The molecule has 1 aliphatic rings. The largest absolute Gasteiger partial charge is 0.350 e. The van der Waals surface area contributed by atoms with Crippen LogP contribution in [0.3, 0.4) is 0 Å². The maximum Gasteiger partial charge on any atom is 0.222 e. The minimum Gasteiger partial charge on any atom is -0.350 e. The molecule has 1 radical (unpaired) electrons. The van der Waals surface area contributed by atoms with Gasteiger partial charge in [0.2, 0.25) is 5.91 Å². The maximum atomic E-state index is 11.6. The molecule has 0 aliphatic carbocycles. The van der Waals surface area contributed by atoms with Crippen LogP contribution >= 0.6 is 27.5 Å². The molecule has 1 aromatic carbocycles. The summed E-state index contributed by atoms with van der Waals surface area (Å²) in [5.74, 6) is 0.121. The van der Waals surface area contributed by atoms with Crippen molar-refractivity contribution in [3.05, 3.63) is 39.3 Å². The molecule has 2 nitrogen and oxygen atoms in total. The number of hydrogen-bond donors (Lipinski definition) is 0. The molecular weight excluding hydrogens is 378 g/mol. The van der Waals surface area contributed by atoms with E-state index in [9.17, 15) is 4.79 Å². The van der Waals surface area contributed by atoms with E-state index in [1.54, 1.807) is 11.9 Å². The van der Waals surface area contributed by atoms with E-state index in [0.29, 0.717) is 17.9 Å². The first kappa shape index (κ1) is 15.4. The van der Waals surface area contributed by atoms with Gasteiger partial charge >= 0.3 is 0 Å². The van der Waals surface area contributed by atoms with Gasteiger partial charge in [-0.1, -0.05) is 38.1 Å². The Morgan fingerprint density at radius 3 is 2.82 bits per heavy atom. The van der Waals surface area contributed by atoms with E-state index >= 15 is 0 Å². The average molecular weight is 388 g/mol. The van der Waals surface area contributed by atoms with Gasteiger partial charge in [0, 0.05) is 51.2 Å². The summed E-state index contributed by atoms with van der Waals surface area (Å²) in [4.78, 5) is 13.2. The minimum absolute atomic E-state index is 0. The monoisotopic (exact) mass is 387 g/mol. The van der Waals surface area contributed by atoms with Gasteiger partial charge in [0.15, 0.2) is 0 Å². The Morgan fingerprint density at radius 1 is 1.47 bits per heavy atom. The first-order valence-corrected chi connectivity index (χ1v) is 6.09. The van der Waals surface area contributed by atoms with Crippen molar-refractivity contribution in [1.82, 2.24) is 4.90 Å². The number of carbonyl (C=O) groups excluding carboxylic acids is 1. The number of rotatable bonds is 1. The second-order valence-corrected chi connectivity index (χ2v) is 4.89. The molecule has 0 unspecified atom stereocenters. The predicted octanol–water partition coefficient (Wildman–Crippen LogP) is 3.50. The molecule has 87 valence electrons. The number of amides is 1. The van der Waals surface area contributed by atoms with Gasteiger partial charge in [-0.15, -0.1) is 23.7 Å². The SMILES string of the molecule is CN1C(=O)CC[C-]=C1c1ccc(Cl)cc1Br.[Y]. The normalized spacial score (nSPS) is 15.4. The van der Waals surface area contributed by atoms with Crippen molar-refractivity contribution in [2.75, 3.05) is 7.05 Å². The van der Waals surface area contributed by atoms with Gasteiger partial charge in [0.1, 0.15) is 0 Å². The first-order valence-electron chi connectivity index (χ1n) is 4.92. The van der Waals surface area contributed by atoms with E-state index in [0.717, 1.165) is 15.7 Å². The van der Waals surface area contributed by atoms with E-state index in [2.05, 4.69) is 22.0 Å². The van der Waals surface area contributed by atoms with Crippen LogP contribution in [0.2, 0.25) is 5.02 Å². The van der Waals surface area contributed by atoms with E-state index in [4.69, 9.17) is 11.6 Å². The Hall–Kier alpha value is 0.304. The number of allylic oxidation sites excluding steroid dienone is 1. The second kappa shape index (κ2) is 6.46. The van der Waals surface area contributed by atoms with E-state index in [-0.39, 0.29) is 38.6 Å². The molecule has 5 heteroatoms. The van der Waals surface area contributed by atoms with Crippen LogP contribution in [0, 0.1) is 6.08 Å². The van der Waals surface area contributed by atoms with Crippen molar-refractivity contribution in [3.63, 3.8) is 0 Å². The molecule has 17 heavy (non-hydrogen) atoms. The van der Waals surface area contributed by atoms with Crippen LogP contribution in [0.1, 0.15) is 18.4 Å². The maximum absolute atomic E-state index is 11.6. The van der Waals surface area contributed by atoms with Crippen LogP contribution in [-0.4, -0.2) is 17.9 Å². The average Bonchev–Trinajstić information content (AvgIpc) is 2.23. The van der Waals surface area contributed by atoms with Gasteiger partial charge in [0.05, 0.1) is 0 Å². The van der Waals surface area contributed by atoms with Crippen LogP contribution in [0.15, 0.2) is 22.7 Å². The smallest absolute Gasteiger partial charge is 0.222 e. The molecule has 1 aliphatic heterocycles. The van der Waals surface area contributed by atoms with Gasteiger partial charge in [-0.3, -0.25) is 4.79 Å². The fourth-order valence-electron chi connectivity index (χ4n) is 1.66. The molecule has 1 aromatic rings. The van der Waals surface area contributed by atoms with Crippen LogP contribution in [0.25, 0.3) is 5.70 Å². The minimum atomic E-state index is 0. The summed E-state index contributed by atoms with van der Waals surface area (Å²) in [6, 6.07) is 5.52. The Balaban J connectivity index is 0.00000144. The molecule has 0 fully saturated rings. The molecule has 0 spiro atoms. The van der Waals surface area contributed by atoms with Crippen molar-refractivity contribution in [3.8, 4) is 0 Å². The van der Waals surface area contributed by atoms with Gasteiger partial charge in [0.25, 0.3) is 0 Å². The summed E-state index contributed by atoms with van der Waals surface area (Å²) < 4.78 is 0.879. The molecule has 2 rings (SSSR count). The predicted molar refractivity (Wildman–Crippen MR) is 67.8 cm³/mol. The summed E-state index contributed by atoms with van der Waals surface area (Å²) in [7, 11) is 1.77. The van der Waals surface area contributed by atoms with Crippen molar-refractivity contribution < 1.29 is 37.5 Å². The van der Waals surface area contributed by atoms with E-state index < -0.39 is 0 Å². The summed E-state index contributed by atoms with van der Waals surface area (Å²) in [6.07, 6.45) is 4.43. The van der Waals surface area contributed by atoms with E-state index in [1.165, 1.54) is 0 Å². The summed E-state index contributed by atoms with van der Waals surface area (Å²) in [5, 5.41) is 0.668. The van der Waals surface area contributed by atoms with Gasteiger partial charge in [-0.25, -0.2) is 6.08 Å². The molecule has 1 amide bonds. The molecule has 1 heterocycles. The zero-order valence-corrected chi connectivity index (χ0v) is 14.5. The summed E-state index contributed by atoms with van der Waals surface area (Å²) in [6.45, 7) is 0. The molecule has 0 N–H and O–H groups in total. The number of halogens is 2. The van der Waals surface area contributed by atoms with Crippen LogP contribution < -0.4 is 0 Å². The van der Waals surface area contributed by atoms with Crippen molar-refractivity contribution >= 4 is 39.1 Å². The molecule has 0 saturated carbocycles. The topological polar surface area (TPSA) is 20.3 Å². The van der Waals surface area contributed by atoms with Crippen LogP contribution in [0.5, 0.6) is 0 Å². The molecule has 0 atom stereocenters. The molecule has 0 bridgehead atoms. The summed E-state index contributed by atoms with van der Waals surface area (Å²) >= 11 is 9.33. The van der Waals surface area contributed by atoms with Crippen molar-refractivity contribution in [1.29, 1.82) is 0 Å². The fraction of sp³-hybridized carbons (Fsp3) is 0.250. The molecular formula is C12H10BrClNOY-. The molecule has 0 aromatic heterocycles. The number of nitrogens with zero attached hydrogens (tertiary/aromatic N) is 1. The Kier molecular flexibility index (Phi) is 5.84. The number of carbonyl (C=O) groups is 1. The number of hydrogen-bond acceptors (Lipinski definition) is 1. The van der Waals surface area contributed by atoms with Crippen molar-refractivity contribution in [2.45, 2.75) is 12.8 Å². The Labute approximate surface area is 139 Å². The first-order chi connectivity index (χ1) is 7.59. The zero-order valence-electron chi connectivity index (χ0n) is 9.34. The third-order valence-corrected chi connectivity index (χ3v) is 3.42. The second-order valence-electron chi connectivity index (χ2n) is 3.60. The van der Waals surface area contributed by atoms with Crippen molar-refractivity contribution in [2.24, 2.45) is 0 Å². The van der Waals surface area contributed by atoms with Crippen LogP contribution in [0.4, 0.5) is 0 Å². The van der Waals surface area contributed by atoms with Crippen LogP contribution in [-0.2, 0) is 37.5 Å². The summed E-state index contributed by atoms with van der Waals surface area (Å²) in [5.41, 5.74) is 1.76. The standard InChI is InChI=1S/C12H10BrClNO.Y/c1-15-11(3-2-4-12(15)16)9-6-5-8(14)7-10(9)13;/h5-7H,2,4H2,1H3;/q-1;. The zero-order chi connectivity index (χ0) is 11.7. The fourth-order valence-corrected chi connectivity index (χ4v) is 2.53.